The number of unbranched alkanes of at least 4 members (excludes halogenated alkanes) is 1. The lowest BCUT2D eigenvalue weighted by molar-refractivity contribution is -0.115. The normalized spacial score (nSPS) is 10.5. The quantitative estimate of drug-likeness (QED) is 0.441. The van der Waals surface area contributed by atoms with Crippen LogP contribution in [-0.4, -0.2) is 6.29 Å². The summed E-state index contributed by atoms with van der Waals surface area (Å²) in [5.41, 5.74) is -0.239. The summed E-state index contributed by atoms with van der Waals surface area (Å²) < 4.78 is 0. The van der Waals surface area contributed by atoms with Gasteiger partial charge in [0.05, 0.1) is 6.07 Å². The third-order valence-corrected chi connectivity index (χ3v) is 1.43. The Labute approximate surface area is 61.8 Å². The molecule has 0 saturated heterocycles. The molecule has 0 aromatic heterocycles. The summed E-state index contributed by atoms with van der Waals surface area (Å²) in [6, 6.07) is 2.05. The van der Waals surface area contributed by atoms with Gasteiger partial charge in [0, 0.05) is 11.8 Å². The third kappa shape index (κ3) is 4.08. The summed E-state index contributed by atoms with van der Waals surface area (Å²) >= 11 is 0. The van der Waals surface area contributed by atoms with Crippen LogP contribution in [0.2, 0.25) is 0 Å². The molecule has 0 rings (SSSR count). The van der Waals surface area contributed by atoms with E-state index in [2.05, 4.69) is 0 Å². The molecule has 0 amide bonds. The molecular weight excluding hydrogens is 126 g/mol. The van der Waals surface area contributed by atoms with E-state index in [9.17, 15) is 4.79 Å². The minimum Gasteiger partial charge on any atom is -0.303 e. The van der Waals surface area contributed by atoms with Crippen LogP contribution in [0.4, 0.5) is 0 Å². The van der Waals surface area contributed by atoms with Crippen molar-refractivity contribution < 1.29 is 4.79 Å². The Morgan fingerprint density at radius 3 is 2.60 bits per heavy atom. The van der Waals surface area contributed by atoms with Crippen LogP contribution in [-0.2, 0) is 4.79 Å². The average molecular weight is 139 g/mol. The van der Waals surface area contributed by atoms with Gasteiger partial charge in [-0.15, -0.1) is 0 Å². The second kappa shape index (κ2) is 4.05. The highest BCUT2D eigenvalue weighted by Gasteiger charge is 2.14. The lowest BCUT2D eigenvalue weighted by atomic mass is 9.89. The van der Waals surface area contributed by atoms with E-state index in [0.29, 0.717) is 6.42 Å². The molecule has 0 aromatic rings. The van der Waals surface area contributed by atoms with Crippen LogP contribution < -0.4 is 0 Å². The van der Waals surface area contributed by atoms with Crippen LogP contribution in [0.1, 0.15) is 33.1 Å². The molecule has 0 N–H and O–H groups in total. The number of hydrogen-bond acceptors (Lipinski definition) is 2. The number of carbonyl (C=O) groups is 1. The number of hydrogen-bond donors (Lipinski definition) is 0. The molecule has 2 nitrogen and oxygen atoms in total. The predicted molar refractivity (Wildman–Crippen MR) is 39.3 cm³/mol. The fourth-order valence-electron chi connectivity index (χ4n) is 0.682. The molecule has 0 atom stereocenters. The summed E-state index contributed by atoms with van der Waals surface area (Å²) in [5, 5.41) is 8.20. The number of nitriles is 1. The molecule has 0 saturated carbocycles. The molecule has 2 heteroatoms. The molecule has 0 heterocycles. The van der Waals surface area contributed by atoms with Gasteiger partial charge in [0.1, 0.15) is 6.29 Å². The third-order valence-electron chi connectivity index (χ3n) is 1.43. The predicted octanol–water partition coefficient (Wildman–Crippen LogP) is 1.91. The van der Waals surface area contributed by atoms with Gasteiger partial charge in [0.15, 0.2) is 0 Å². The van der Waals surface area contributed by atoms with Crippen molar-refractivity contribution in [1.29, 1.82) is 5.26 Å². The highest BCUT2D eigenvalue weighted by molar-refractivity contribution is 5.57. The fraction of sp³-hybridized carbons (Fsp3) is 0.750. The largest absolute Gasteiger partial charge is 0.303 e. The molecule has 0 radical (unpaired) electrons. The Hall–Kier alpha value is -0.840. The monoisotopic (exact) mass is 139 g/mol. The van der Waals surface area contributed by atoms with Crippen LogP contribution in [0.15, 0.2) is 0 Å². The van der Waals surface area contributed by atoms with Gasteiger partial charge in [-0.05, 0) is 12.8 Å². The Bertz CT molecular complexity index is 144. The number of aldehydes is 1. The second-order valence-electron chi connectivity index (χ2n) is 3.12. The molecule has 0 aliphatic rings. The zero-order valence-electron chi connectivity index (χ0n) is 6.55. The van der Waals surface area contributed by atoms with Crippen molar-refractivity contribution in [2.45, 2.75) is 33.1 Å². The van der Waals surface area contributed by atoms with Gasteiger partial charge in [0.25, 0.3) is 0 Å². The maximum atomic E-state index is 10.3. The van der Waals surface area contributed by atoms with Gasteiger partial charge in [-0.2, -0.15) is 5.26 Å². The molecule has 0 aliphatic carbocycles. The van der Waals surface area contributed by atoms with E-state index < -0.39 is 0 Å². The number of nitrogens with zero attached hydrogens (tertiary/aromatic N) is 1. The molecule has 10 heavy (non-hydrogen) atoms. The number of carbonyl (C=O) groups excluding carboxylic acids is 1. The molecule has 0 spiro atoms. The first kappa shape index (κ1) is 9.16. The SMILES string of the molecule is CC(C)(C=O)CCCC#N. The van der Waals surface area contributed by atoms with E-state index in [1.54, 1.807) is 0 Å². The lowest BCUT2D eigenvalue weighted by Crippen LogP contribution is -2.11. The van der Waals surface area contributed by atoms with Crippen LogP contribution in [0, 0.1) is 16.7 Å². The molecular formula is C8H13NO. The number of rotatable bonds is 4. The Morgan fingerprint density at radius 1 is 1.60 bits per heavy atom. The van der Waals surface area contributed by atoms with Crippen LogP contribution in [0.25, 0.3) is 0 Å². The Balaban J connectivity index is 3.49. The van der Waals surface area contributed by atoms with E-state index in [-0.39, 0.29) is 5.41 Å². The van der Waals surface area contributed by atoms with Crippen LogP contribution in [0.3, 0.4) is 0 Å². The fourth-order valence-corrected chi connectivity index (χ4v) is 0.682. The highest BCUT2D eigenvalue weighted by atomic mass is 16.1. The van der Waals surface area contributed by atoms with Gasteiger partial charge < -0.3 is 4.79 Å². The van der Waals surface area contributed by atoms with Crippen molar-refractivity contribution in [2.75, 3.05) is 0 Å². The first-order chi connectivity index (χ1) is 4.62. The minimum atomic E-state index is -0.239. The molecule has 0 unspecified atom stereocenters. The molecule has 0 fully saturated rings. The van der Waals surface area contributed by atoms with Crippen molar-refractivity contribution >= 4 is 6.29 Å². The topological polar surface area (TPSA) is 40.9 Å². The maximum absolute atomic E-state index is 10.3. The Morgan fingerprint density at radius 2 is 2.20 bits per heavy atom. The van der Waals surface area contributed by atoms with Gasteiger partial charge in [0.2, 0.25) is 0 Å². The molecule has 0 aromatic carbocycles. The first-order valence-electron chi connectivity index (χ1n) is 3.46. The smallest absolute Gasteiger partial charge is 0.125 e. The van der Waals surface area contributed by atoms with E-state index in [4.69, 9.17) is 5.26 Å². The first-order valence-corrected chi connectivity index (χ1v) is 3.46. The van der Waals surface area contributed by atoms with Crippen molar-refractivity contribution in [3.63, 3.8) is 0 Å². The van der Waals surface area contributed by atoms with Crippen LogP contribution in [0.5, 0.6) is 0 Å². The summed E-state index contributed by atoms with van der Waals surface area (Å²) in [6.07, 6.45) is 3.13. The summed E-state index contributed by atoms with van der Waals surface area (Å²) in [4.78, 5) is 10.3. The Kier molecular flexibility index (Phi) is 3.71. The lowest BCUT2D eigenvalue weighted by Gasteiger charge is -2.14. The molecule has 0 bridgehead atoms. The van der Waals surface area contributed by atoms with Gasteiger partial charge in [-0.1, -0.05) is 13.8 Å². The minimum absolute atomic E-state index is 0.239. The van der Waals surface area contributed by atoms with E-state index in [1.807, 2.05) is 19.9 Å². The maximum Gasteiger partial charge on any atom is 0.125 e. The van der Waals surface area contributed by atoms with Crippen molar-refractivity contribution in [1.82, 2.24) is 0 Å². The van der Waals surface area contributed by atoms with Crippen LogP contribution >= 0.6 is 0 Å². The zero-order valence-corrected chi connectivity index (χ0v) is 6.55. The summed E-state index contributed by atoms with van der Waals surface area (Å²) in [7, 11) is 0. The zero-order chi connectivity index (χ0) is 8.04. The van der Waals surface area contributed by atoms with E-state index in [1.165, 1.54) is 0 Å². The van der Waals surface area contributed by atoms with Gasteiger partial charge >= 0.3 is 0 Å². The molecule has 56 valence electrons. The van der Waals surface area contributed by atoms with Crippen molar-refractivity contribution in [2.24, 2.45) is 5.41 Å². The van der Waals surface area contributed by atoms with Gasteiger partial charge in [-0.3, -0.25) is 0 Å². The highest BCUT2D eigenvalue weighted by Crippen LogP contribution is 2.19. The molecule has 0 aliphatic heterocycles. The van der Waals surface area contributed by atoms with Crippen molar-refractivity contribution in [3.05, 3.63) is 0 Å². The second-order valence-corrected chi connectivity index (χ2v) is 3.12. The average Bonchev–Trinajstić information content (AvgIpc) is 1.89. The van der Waals surface area contributed by atoms with Crippen molar-refractivity contribution in [3.8, 4) is 6.07 Å². The summed E-state index contributed by atoms with van der Waals surface area (Å²) in [5.74, 6) is 0. The van der Waals surface area contributed by atoms with E-state index in [0.717, 1.165) is 19.1 Å². The summed E-state index contributed by atoms with van der Waals surface area (Å²) in [6.45, 7) is 3.77. The van der Waals surface area contributed by atoms with E-state index >= 15 is 0 Å². The standard InChI is InChI=1S/C8H13NO/c1-8(2,7-10)5-3-4-6-9/h7H,3-5H2,1-2H3. The van der Waals surface area contributed by atoms with Gasteiger partial charge in [-0.25, -0.2) is 0 Å².